The second-order valence-electron chi connectivity index (χ2n) is 4.95. The van der Waals surface area contributed by atoms with E-state index in [1.54, 1.807) is 24.5 Å². The number of phenols is 1. The zero-order chi connectivity index (χ0) is 15.5. The van der Waals surface area contributed by atoms with E-state index in [1.807, 2.05) is 42.5 Å². The van der Waals surface area contributed by atoms with Crippen LogP contribution in [0, 0.1) is 0 Å². The molecule has 1 unspecified atom stereocenters. The third kappa shape index (κ3) is 2.89. The minimum atomic E-state index is -0.769. The molecule has 3 rings (SSSR count). The standard InChI is InChI=1S/C18H14BrNO2/c19-16-11-20-10-15(18(22)13-4-2-1-3-5-13)17(16)12-6-8-14(21)9-7-12/h1-11,18,21-22H. The van der Waals surface area contributed by atoms with Crippen molar-refractivity contribution < 1.29 is 10.2 Å². The van der Waals surface area contributed by atoms with Crippen LogP contribution in [0.4, 0.5) is 0 Å². The predicted molar refractivity (Wildman–Crippen MR) is 89.5 cm³/mol. The number of aromatic hydroxyl groups is 1. The number of aliphatic hydroxyl groups is 1. The highest BCUT2D eigenvalue weighted by Crippen LogP contribution is 2.36. The van der Waals surface area contributed by atoms with Gasteiger partial charge in [-0.05, 0) is 39.2 Å². The molecule has 1 heterocycles. The number of benzene rings is 2. The summed E-state index contributed by atoms with van der Waals surface area (Å²) in [6.07, 6.45) is 2.60. The molecule has 0 spiro atoms. The van der Waals surface area contributed by atoms with Crippen LogP contribution in [0.5, 0.6) is 5.75 Å². The topological polar surface area (TPSA) is 53.4 Å². The zero-order valence-corrected chi connectivity index (χ0v) is 13.2. The maximum atomic E-state index is 10.7. The fourth-order valence-corrected chi connectivity index (χ4v) is 2.98. The van der Waals surface area contributed by atoms with Gasteiger partial charge in [0.1, 0.15) is 11.9 Å². The Morgan fingerprint density at radius 2 is 1.59 bits per heavy atom. The Labute approximate surface area is 137 Å². The van der Waals surface area contributed by atoms with Gasteiger partial charge < -0.3 is 10.2 Å². The van der Waals surface area contributed by atoms with Crippen molar-refractivity contribution in [2.24, 2.45) is 0 Å². The van der Waals surface area contributed by atoms with Gasteiger partial charge in [0.05, 0.1) is 0 Å². The summed E-state index contributed by atoms with van der Waals surface area (Å²) < 4.78 is 0.797. The van der Waals surface area contributed by atoms with Gasteiger partial charge in [-0.15, -0.1) is 0 Å². The molecular formula is C18H14BrNO2. The number of pyridine rings is 1. The molecule has 0 saturated heterocycles. The maximum Gasteiger partial charge on any atom is 0.115 e. The summed E-state index contributed by atoms with van der Waals surface area (Å²) in [6.45, 7) is 0. The first-order chi connectivity index (χ1) is 10.7. The van der Waals surface area contributed by atoms with Crippen LogP contribution in [-0.4, -0.2) is 15.2 Å². The third-order valence-corrected chi connectivity index (χ3v) is 4.10. The maximum absolute atomic E-state index is 10.7. The van der Waals surface area contributed by atoms with Crippen LogP contribution in [0.15, 0.2) is 71.5 Å². The molecule has 0 aliphatic rings. The van der Waals surface area contributed by atoms with Gasteiger partial charge in [-0.2, -0.15) is 0 Å². The molecule has 0 aliphatic carbocycles. The minimum Gasteiger partial charge on any atom is -0.508 e. The summed E-state index contributed by atoms with van der Waals surface area (Å²) in [4.78, 5) is 4.18. The molecule has 0 aliphatic heterocycles. The van der Waals surface area contributed by atoms with E-state index in [0.29, 0.717) is 5.56 Å². The molecule has 0 saturated carbocycles. The molecule has 2 aromatic carbocycles. The number of aromatic nitrogens is 1. The molecule has 2 N–H and O–H groups in total. The van der Waals surface area contributed by atoms with Gasteiger partial charge in [-0.1, -0.05) is 42.5 Å². The number of rotatable bonds is 3. The van der Waals surface area contributed by atoms with Gasteiger partial charge in [0, 0.05) is 28.0 Å². The summed E-state index contributed by atoms with van der Waals surface area (Å²) in [5, 5.41) is 20.2. The first-order valence-corrected chi connectivity index (χ1v) is 7.62. The lowest BCUT2D eigenvalue weighted by molar-refractivity contribution is 0.220. The Kier molecular flexibility index (Phi) is 4.22. The number of phenolic OH excluding ortho intramolecular Hbond substituents is 1. The molecule has 110 valence electrons. The van der Waals surface area contributed by atoms with Gasteiger partial charge >= 0.3 is 0 Å². The molecule has 0 amide bonds. The van der Waals surface area contributed by atoms with E-state index in [1.165, 1.54) is 0 Å². The molecule has 0 radical (unpaired) electrons. The Morgan fingerprint density at radius 1 is 0.909 bits per heavy atom. The van der Waals surface area contributed by atoms with E-state index in [9.17, 15) is 10.2 Å². The van der Waals surface area contributed by atoms with Crippen LogP contribution in [0.1, 0.15) is 17.2 Å². The van der Waals surface area contributed by atoms with Crippen molar-refractivity contribution in [1.29, 1.82) is 0 Å². The van der Waals surface area contributed by atoms with E-state index in [2.05, 4.69) is 20.9 Å². The summed E-state index contributed by atoms with van der Waals surface area (Å²) in [7, 11) is 0. The van der Waals surface area contributed by atoms with Crippen molar-refractivity contribution in [2.45, 2.75) is 6.10 Å². The Bertz CT molecular complexity index is 773. The van der Waals surface area contributed by atoms with Gasteiger partial charge in [-0.3, -0.25) is 4.98 Å². The van der Waals surface area contributed by atoms with Gasteiger partial charge in [0.25, 0.3) is 0 Å². The quantitative estimate of drug-likeness (QED) is 0.736. The summed E-state index contributed by atoms with van der Waals surface area (Å²) in [5.41, 5.74) is 3.29. The monoisotopic (exact) mass is 355 g/mol. The van der Waals surface area contributed by atoms with Crippen molar-refractivity contribution in [3.8, 4) is 16.9 Å². The zero-order valence-electron chi connectivity index (χ0n) is 11.6. The SMILES string of the molecule is Oc1ccc(-c2c(Br)cncc2C(O)c2ccccc2)cc1. The van der Waals surface area contributed by atoms with Crippen molar-refractivity contribution in [2.75, 3.05) is 0 Å². The predicted octanol–water partition coefficient (Wildman–Crippen LogP) is 4.30. The second kappa shape index (κ2) is 6.30. The van der Waals surface area contributed by atoms with Crippen molar-refractivity contribution in [1.82, 2.24) is 4.98 Å². The molecular weight excluding hydrogens is 342 g/mol. The molecule has 0 bridgehead atoms. The number of halogens is 1. The minimum absolute atomic E-state index is 0.207. The van der Waals surface area contributed by atoms with Crippen LogP contribution in [0.25, 0.3) is 11.1 Å². The average Bonchev–Trinajstić information content (AvgIpc) is 2.56. The van der Waals surface area contributed by atoms with E-state index in [4.69, 9.17) is 0 Å². The molecule has 4 heteroatoms. The van der Waals surface area contributed by atoms with Crippen molar-refractivity contribution in [3.05, 3.63) is 82.6 Å². The summed E-state index contributed by atoms with van der Waals surface area (Å²) in [5.74, 6) is 0.207. The Hall–Kier alpha value is -2.17. The van der Waals surface area contributed by atoms with Crippen LogP contribution in [0.2, 0.25) is 0 Å². The largest absolute Gasteiger partial charge is 0.508 e. The third-order valence-electron chi connectivity index (χ3n) is 3.49. The first kappa shape index (κ1) is 14.8. The number of nitrogens with zero attached hydrogens (tertiary/aromatic N) is 1. The highest BCUT2D eigenvalue weighted by atomic mass is 79.9. The molecule has 22 heavy (non-hydrogen) atoms. The average molecular weight is 356 g/mol. The number of hydrogen-bond acceptors (Lipinski definition) is 3. The first-order valence-electron chi connectivity index (χ1n) is 6.82. The molecule has 3 aromatic rings. The van der Waals surface area contributed by atoms with Gasteiger partial charge in [-0.25, -0.2) is 0 Å². The summed E-state index contributed by atoms with van der Waals surface area (Å²) in [6, 6.07) is 16.3. The van der Waals surface area contributed by atoms with Crippen LogP contribution >= 0.6 is 15.9 Å². The fraction of sp³-hybridized carbons (Fsp3) is 0.0556. The van der Waals surface area contributed by atoms with Crippen LogP contribution in [-0.2, 0) is 0 Å². The molecule has 1 aromatic heterocycles. The Morgan fingerprint density at radius 3 is 2.27 bits per heavy atom. The highest BCUT2D eigenvalue weighted by molar-refractivity contribution is 9.10. The smallest absolute Gasteiger partial charge is 0.115 e. The van der Waals surface area contributed by atoms with Gasteiger partial charge in [0.15, 0.2) is 0 Å². The van der Waals surface area contributed by atoms with Gasteiger partial charge in [0.2, 0.25) is 0 Å². The van der Waals surface area contributed by atoms with Crippen LogP contribution in [0.3, 0.4) is 0 Å². The van der Waals surface area contributed by atoms with Crippen molar-refractivity contribution in [3.63, 3.8) is 0 Å². The fourth-order valence-electron chi connectivity index (χ4n) is 2.40. The lowest BCUT2D eigenvalue weighted by Gasteiger charge is -2.17. The number of aliphatic hydroxyl groups excluding tert-OH is 1. The highest BCUT2D eigenvalue weighted by Gasteiger charge is 2.18. The van der Waals surface area contributed by atoms with Crippen molar-refractivity contribution >= 4 is 15.9 Å². The number of hydrogen-bond donors (Lipinski definition) is 2. The second-order valence-corrected chi connectivity index (χ2v) is 5.80. The van der Waals surface area contributed by atoms with E-state index in [0.717, 1.165) is 21.2 Å². The van der Waals surface area contributed by atoms with Crippen LogP contribution < -0.4 is 0 Å². The summed E-state index contributed by atoms with van der Waals surface area (Å²) >= 11 is 3.51. The normalized spacial score (nSPS) is 12.1. The Balaban J connectivity index is 2.13. The van der Waals surface area contributed by atoms with E-state index >= 15 is 0 Å². The van der Waals surface area contributed by atoms with E-state index < -0.39 is 6.10 Å². The van der Waals surface area contributed by atoms with E-state index in [-0.39, 0.29) is 5.75 Å². The molecule has 3 nitrogen and oxygen atoms in total. The molecule has 0 fully saturated rings. The lowest BCUT2D eigenvalue weighted by atomic mass is 9.94. The lowest BCUT2D eigenvalue weighted by Crippen LogP contribution is -2.03. The molecule has 1 atom stereocenters.